The molecule has 1 unspecified atom stereocenters. The average molecular weight is 325 g/mol. The Bertz CT molecular complexity index is 288. The van der Waals surface area contributed by atoms with Crippen LogP contribution >= 0.6 is 0 Å². The van der Waals surface area contributed by atoms with E-state index in [4.69, 9.17) is 4.74 Å². The Hall–Kier alpha value is -0.0800. The smallest absolute Gasteiger partial charge is 0.0515 e. The summed E-state index contributed by atoms with van der Waals surface area (Å²) in [5.74, 6) is 4.09. The molecule has 0 spiro atoms. The van der Waals surface area contributed by atoms with Gasteiger partial charge in [-0.25, -0.2) is 0 Å². The van der Waals surface area contributed by atoms with Crippen LogP contribution in [0.3, 0.4) is 0 Å². The van der Waals surface area contributed by atoms with Crippen molar-refractivity contribution in [2.75, 3.05) is 20.3 Å². The van der Waals surface area contributed by atoms with Gasteiger partial charge in [-0.15, -0.1) is 0 Å². The van der Waals surface area contributed by atoms with E-state index in [1.807, 2.05) is 0 Å². The first-order valence-corrected chi connectivity index (χ1v) is 10.4. The summed E-state index contributed by atoms with van der Waals surface area (Å²) in [7, 11) is 1.76. The van der Waals surface area contributed by atoms with E-state index in [-0.39, 0.29) is 0 Å². The van der Waals surface area contributed by atoms with Crippen molar-refractivity contribution in [3.05, 3.63) is 0 Å². The first-order chi connectivity index (χ1) is 11.3. The molecule has 2 saturated carbocycles. The zero-order valence-electron chi connectivity index (χ0n) is 15.6. The summed E-state index contributed by atoms with van der Waals surface area (Å²) in [6.07, 6.45) is 17.1. The van der Waals surface area contributed by atoms with Crippen LogP contribution in [0, 0.1) is 29.6 Å². The van der Waals surface area contributed by atoms with Gasteiger partial charge in [-0.2, -0.15) is 0 Å². The van der Waals surface area contributed by atoms with Crippen LogP contribution in [0.15, 0.2) is 0 Å². The summed E-state index contributed by atoms with van der Waals surface area (Å²) in [5, 5.41) is 9.56. The first-order valence-electron chi connectivity index (χ1n) is 10.4. The van der Waals surface area contributed by atoms with Crippen molar-refractivity contribution in [2.24, 2.45) is 29.6 Å². The van der Waals surface area contributed by atoms with Crippen molar-refractivity contribution in [3.63, 3.8) is 0 Å². The summed E-state index contributed by atoms with van der Waals surface area (Å²) >= 11 is 0. The van der Waals surface area contributed by atoms with Crippen molar-refractivity contribution < 1.29 is 9.84 Å². The molecule has 2 fully saturated rings. The van der Waals surface area contributed by atoms with Gasteiger partial charge in [0.2, 0.25) is 0 Å². The van der Waals surface area contributed by atoms with Crippen molar-refractivity contribution in [3.8, 4) is 0 Å². The van der Waals surface area contributed by atoms with Crippen LogP contribution in [0.5, 0.6) is 0 Å². The third kappa shape index (κ3) is 6.05. The number of methoxy groups -OCH3 is 1. The highest BCUT2D eigenvalue weighted by Gasteiger charge is 2.32. The summed E-state index contributed by atoms with van der Waals surface area (Å²) < 4.78 is 5.28. The lowest BCUT2D eigenvalue weighted by atomic mass is 9.67. The second-order valence-electron chi connectivity index (χ2n) is 8.35. The molecule has 0 amide bonds. The Balaban J connectivity index is 1.66. The van der Waals surface area contributed by atoms with Gasteiger partial charge < -0.3 is 9.84 Å². The predicted molar refractivity (Wildman–Crippen MR) is 97.5 cm³/mol. The molecule has 0 aromatic heterocycles. The predicted octanol–water partition coefficient (Wildman–Crippen LogP) is 5.43. The summed E-state index contributed by atoms with van der Waals surface area (Å²) in [6, 6.07) is 0. The zero-order valence-corrected chi connectivity index (χ0v) is 15.6. The van der Waals surface area contributed by atoms with Gasteiger partial charge in [-0.1, -0.05) is 45.4 Å². The van der Waals surface area contributed by atoms with Crippen LogP contribution in [0.1, 0.15) is 84.0 Å². The second kappa shape index (κ2) is 10.7. The van der Waals surface area contributed by atoms with Crippen molar-refractivity contribution >= 4 is 0 Å². The maximum atomic E-state index is 9.56. The van der Waals surface area contributed by atoms with Gasteiger partial charge in [0.15, 0.2) is 0 Å². The number of ether oxygens (including phenoxy) is 1. The van der Waals surface area contributed by atoms with Gasteiger partial charge in [-0.05, 0) is 62.2 Å². The molecule has 2 heteroatoms. The van der Waals surface area contributed by atoms with Crippen LogP contribution in [-0.2, 0) is 4.74 Å². The Morgan fingerprint density at radius 3 is 2.04 bits per heavy atom. The fourth-order valence-electron chi connectivity index (χ4n) is 5.27. The molecule has 2 rings (SSSR count). The molecule has 0 radical (unpaired) electrons. The molecule has 0 aromatic rings. The third-order valence-corrected chi connectivity index (χ3v) is 6.87. The molecule has 0 aliphatic heterocycles. The Morgan fingerprint density at radius 1 is 0.913 bits per heavy atom. The number of unbranched alkanes of at least 4 members (excludes halogenated alkanes) is 2. The normalized spacial score (nSPS) is 33.5. The minimum absolute atomic E-state index is 0.298. The van der Waals surface area contributed by atoms with E-state index in [1.165, 1.54) is 77.0 Å². The number of hydrogen-bond acceptors (Lipinski definition) is 2. The van der Waals surface area contributed by atoms with Gasteiger partial charge >= 0.3 is 0 Å². The van der Waals surface area contributed by atoms with Crippen molar-refractivity contribution in [2.45, 2.75) is 84.0 Å². The first kappa shape index (κ1) is 19.2. The van der Waals surface area contributed by atoms with E-state index >= 15 is 0 Å². The number of aliphatic hydroxyl groups is 1. The van der Waals surface area contributed by atoms with E-state index in [0.717, 1.165) is 24.4 Å². The van der Waals surface area contributed by atoms with E-state index in [2.05, 4.69) is 6.92 Å². The summed E-state index contributed by atoms with van der Waals surface area (Å²) in [6.45, 7) is 3.34. The standard InChI is InChI=1S/C21H40O2/c1-3-4-5-6-17-7-9-18(10-8-17)19-11-13-20(14-12-19)21(15-22)16-23-2/h17-22H,3-16H2,1-2H3. The SMILES string of the molecule is CCCCCC1CCC(C2CCC(C(CO)COC)CC2)CC1. The largest absolute Gasteiger partial charge is 0.396 e. The monoisotopic (exact) mass is 324 g/mol. The number of aliphatic hydroxyl groups excluding tert-OH is 1. The highest BCUT2D eigenvalue weighted by molar-refractivity contribution is 4.84. The maximum absolute atomic E-state index is 9.56. The summed E-state index contributed by atoms with van der Waals surface area (Å²) in [4.78, 5) is 0. The van der Waals surface area contributed by atoms with Gasteiger partial charge in [-0.3, -0.25) is 0 Å². The Morgan fingerprint density at radius 2 is 1.52 bits per heavy atom. The molecular weight excluding hydrogens is 284 g/mol. The molecular formula is C21H40O2. The van der Waals surface area contributed by atoms with Crippen LogP contribution < -0.4 is 0 Å². The fourth-order valence-corrected chi connectivity index (χ4v) is 5.27. The van der Waals surface area contributed by atoms with Crippen LogP contribution in [0.25, 0.3) is 0 Å². The Labute approximate surface area is 144 Å². The molecule has 0 heterocycles. The number of hydrogen-bond donors (Lipinski definition) is 1. The van der Waals surface area contributed by atoms with E-state index in [0.29, 0.717) is 18.4 Å². The van der Waals surface area contributed by atoms with Crippen LogP contribution in [-0.4, -0.2) is 25.4 Å². The lowest BCUT2D eigenvalue weighted by Gasteiger charge is -2.39. The molecule has 0 bridgehead atoms. The van der Waals surface area contributed by atoms with Crippen LogP contribution in [0.2, 0.25) is 0 Å². The fraction of sp³-hybridized carbons (Fsp3) is 1.00. The Kier molecular flexibility index (Phi) is 8.97. The third-order valence-electron chi connectivity index (χ3n) is 6.87. The molecule has 0 saturated heterocycles. The van der Waals surface area contributed by atoms with Gasteiger partial charge in [0.25, 0.3) is 0 Å². The minimum atomic E-state index is 0.298. The van der Waals surface area contributed by atoms with Crippen molar-refractivity contribution in [1.82, 2.24) is 0 Å². The molecule has 23 heavy (non-hydrogen) atoms. The lowest BCUT2D eigenvalue weighted by Crippen LogP contribution is -2.31. The molecule has 2 aliphatic rings. The quantitative estimate of drug-likeness (QED) is 0.573. The second-order valence-corrected chi connectivity index (χ2v) is 8.35. The van der Waals surface area contributed by atoms with Gasteiger partial charge in [0.1, 0.15) is 0 Å². The minimum Gasteiger partial charge on any atom is -0.396 e. The van der Waals surface area contributed by atoms with Crippen LogP contribution in [0.4, 0.5) is 0 Å². The molecule has 1 N–H and O–H groups in total. The zero-order chi connectivity index (χ0) is 16.5. The average Bonchev–Trinajstić information content (AvgIpc) is 2.61. The van der Waals surface area contributed by atoms with Crippen molar-refractivity contribution in [1.29, 1.82) is 0 Å². The van der Waals surface area contributed by atoms with E-state index in [1.54, 1.807) is 7.11 Å². The summed E-state index contributed by atoms with van der Waals surface area (Å²) in [5.41, 5.74) is 0. The molecule has 1 atom stereocenters. The molecule has 0 aromatic carbocycles. The highest BCUT2D eigenvalue weighted by Crippen LogP contribution is 2.43. The maximum Gasteiger partial charge on any atom is 0.0515 e. The lowest BCUT2D eigenvalue weighted by molar-refractivity contribution is 0.0456. The van der Waals surface area contributed by atoms with E-state index < -0.39 is 0 Å². The molecule has 2 nitrogen and oxygen atoms in total. The molecule has 2 aliphatic carbocycles. The molecule has 136 valence electrons. The highest BCUT2D eigenvalue weighted by atomic mass is 16.5. The topological polar surface area (TPSA) is 29.5 Å². The van der Waals surface area contributed by atoms with Gasteiger partial charge in [0, 0.05) is 19.6 Å². The van der Waals surface area contributed by atoms with E-state index in [9.17, 15) is 5.11 Å². The van der Waals surface area contributed by atoms with Gasteiger partial charge in [0.05, 0.1) is 6.61 Å². The number of rotatable bonds is 9.